The zero-order valence-electron chi connectivity index (χ0n) is 18.4. The van der Waals surface area contributed by atoms with E-state index in [4.69, 9.17) is 0 Å². The van der Waals surface area contributed by atoms with Crippen LogP contribution < -0.4 is 15.5 Å². The fourth-order valence-electron chi connectivity index (χ4n) is 3.95. The number of benzene rings is 2. The van der Waals surface area contributed by atoms with Crippen LogP contribution in [0.2, 0.25) is 0 Å². The number of carbonyl (C=O) groups is 3. The van der Waals surface area contributed by atoms with Gasteiger partial charge in [-0.2, -0.15) is 22.0 Å². The summed E-state index contributed by atoms with van der Waals surface area (Å²) in [5.74, 6) is -7.54. The van der Waals surface area contributed by atoms with Gasteiger partial charge in [-0.25, -0.2) is 0 Å². The molecule has 35 heavy (non-hydrogen) atoms. The molecule has 4 rings (SSSR count). The maximum absolute atomic E-state index is 13.6. The van der Waals surface area contributed by atoms with Crippen LogP contribution in [0, 0.1) is 5.92 Å². The average Bonchev–Trinajstić information content (AvgIpc) is 3.63. The number of anilines is 1. The first kappa shape index (κ1) is 24.6. The molecule has 6 nitrogen and oxygen atoms in total. The fourth-order valence-corrected chi connectivity index (χ4v) is 3.95. The van der Waals surface area contributed by atoms with Crippen molar-refractivity contribution < 1.29 is 36.3 Å². The molecule has 0 radical (unpaired) electrons. The third-order valence-electron chi connectivity index (χ3n) is 5.96. The molecule has 1 saturated carbocycles. The lowest BCUT2D eigenvalue weighted by Gasteiger charge is -2.26. The number of hydrogen-bond donors (Lipinski definition) is 2. The molecule has 2 aromatic rings. The highest BCUT2D eigenvalue weighted by molar-refractivity contribution is 6.07. The van der Waals surface area contributed by atoms with Crippen LogP contribution in [0.15, 0.2) is 48.5 Å². The molecule has 1 unspecified atom stereocenters. The number of hydrogen-bond acceptors (Lipinski definition) is 3. The zero-order valence-corrected chi connectivity index (χ0v) is 18.4. The maximum atomic E-state index is 13.6. The van der Waals surface area contributed by atoms with Crippen molar-refractivity contribution in [3.8, 4) is 11.1 Å². The van der Waals surface area contributed by atoms with E-state index in [9.17, 15) is 36.3 Å². The molecule has 2 aromatic carbocycles. The zero-order chi connectivity index (χ0) is 25.4. The molecule has 1 aliphatic heterocycles. The van der Waals surface area contributed by atoms with Gasteiger partial charge in [-0.05, 0) is 36.0 Å². The minimum atomic E-state index is -5.83. The summed E-state index contributed by atoms with van der Waals surface area (Å²) in [5.41, 5.74) is 2.66. The van der Waals surface area contributed by atoms with Gasteiger partial charge >= 0.3 is 12.1 Å². The fraction of sp³-hybridized carbons (Fsp3) is 0.375. The SMILES string of the molecule is O=C(CC(=O)NC1C(=O)N(CC2CC2)c2ccccc2-c2ccccc21)NCC(F)(F)C(F)(F)F. The summed E-state index contributed by atoms with van der Waals surface area (Å²) in [6.45, 7) is -1.54. The Hall–Kier alpha value is -3.50. The smallest absolute Gasteiger partial charge is 0.349 e. The highest BCUT2D eigenvalue weighted by Crippen LogP contribution is 2.42. The van der Waals surface area contributed by atoms with Gasteiger partial charge in [0.1, 0.15) is 12.5 Å². The summed E-state index contributed by atoms with van der Waals surface area (Å²) >= 11 is 0. The largest absolute Gasteiger partial charge is 0.455 e. The van der Waals surface area contributed by atoms with Gasteiger partial charge in [-0.1, -0.05) is 42.5 Å². The minimum Gasteiger partial charge on any atom is -0.349 e. The summed E-state index contributed by atoms with van der Waals surface area (Å²) in [7, 11) is 0. The Morgan fingerprint density at radius 2 is 1.54 bits per heavy atom. The van der Waals surface area contributed by atoms with Gasteiger partial charge in [0.15, 0.2) is 0 Å². The summed E-state index contributed by atoms with van der Waals surface area (Å²) in [4.78, 5) is 39.7. The predicted molar refractivity (Wildman–Crippen MR) is 116 cm³/mol. The van der Waals surface area contributed by atoms with E-state index >= 15 is 0 Å². The topological polar surface area (TPSA) is 78.5 Å². The molecule has 11 heteroatoms. The van der Waals surface area contributed by atoms with E-state index in [1.807, 2.05) is 18.2 Å². The van der Waals surface area contributed by atoms with Crippen LogP contribution >= 0.6 is 0 Å². The molecule has 1 heterocycles. The summed E-state index contributed by atoms with van der Waals surface area (Å²) in [5, 5.41) is 3.91. The van der Waals surface area contributed by atoms with Crippen LogP contribution in [0.25, 0.3) is 11.1 Å². The molecular weight excluding hydrogens is 473 g/mol. The number of nitrogens with zero attached hydrogens (tertiary/aromatic N) is 1. The van der Waals surface area contributed by atoms with Gasteiger partial charge in [0.2, 0.25) is 11.8 Å². The highest BCUT2D eigenvalue weighted by Gasteiger charge is 2.57. The second-order valence-electron chi connectivity index (χ2n) is 8.65. The van der Waals surface area contributed by atoms with Crippen molar-refractivity contribution in [1.82, 2.24) is 10.6 Å². The van der Waals surface area contributed by atoms with Crippen LogP contribution in [0.3, 0.4) is 0 Å². The van der Waals surface area contributed by atoms with Crippen molar-refractivity contribution >= 4 is 23.4 Å². The molecule has 2 aliphatic rings. The molecule has 186 valence electrons. The normalized spacial score (nSPS) is 17.8. The molecule has 1 fully saturated rings. The molecule has 0 aromatic heterocycles. The number of nitrogens with one attached hydrogen (secondary N) is 2. The quantitative estimate of drug-likeness (QED) is 0.451. The van der Waals surface area contributed by atoms with Crippen LogP contribution in [0.1, 0.15) is 30.9 Å². The van der Waals surface area contributed by atoms with Gasteiger partial charge in [-0.3, -0.25) is 14.4 Å². The first-order valence-electron chi connectivity index (χ1n) is 11.0. The van der Waals surface area contributed by atoms with Gasteiger partial charge in [0.05, 0.1) is 12.2 Å². The Labute approximate surface area is 197 Å². The molecule has 3 amide bonds. The van der Waals surface area contributed by atoms with E-state index < -0.39 is 48.8 Å². The van der Waals surface area contributed by atoms with Crippen LogP contribution in [-0.2, 0) is 14.4 Å². The number of para-hydroxylation sites is 1. The number of carbonyl (C=O) groups excluding carboxylic acids is 3. The highest BCUT2D eigenvalue weighted by atomic mass is 19.4. The number of alkyl halides is 5. The van der Waals surface area contributed by atoms with Crippen molar-refractivity contribution in [3.63, 3.8) is 0 Å². The van der Waals surface area contributed by atoms with E-state index in [0.29, 0.717) is 29.3 Å². The van der Waals surface area contributed by atoms with E-state index in [1.165, 1.54) is 5.32 Å². The Morgan fingerprint density at radius 1 is 0.914 bits per heavy atom. The van der Waals surface area contributed by atoms with E-state index in [2.05, 4.69) is 5.32 Å². The van der Waals surface area contributed by atoms with Crippen molar-refractivity contribution in [2.24, 2.45) is 5.92 Å². The average molecular weight is 495 g/mol. The Balaban J connectivity index is 1.54. The molecule has 2 N–H and O–H groups in total. The Bertz CT molecular complexity index is 1150. The summed E-state index contributed by atoms with van der Waals surface area (Å²) in [6, 6.07) is 13.1. The van der Waals surface area contributed by atoms with Crippen molar-refractivity contribution in [2.45, 2.75) is 37.4 Å². The van der Waals surface area contributed by atoms with Crippen LogP contribution in [0.5, 0.6) is 0 Å². The number of halogens is 5. The van der Waals surface area contributed by atoms with Gasteiger partial charge in [0, 0.05) is 12.1 Å². The van der Waals surface area contributed by atoms with Crippen LogP contribution in [-0.4, -0.2) is 42.9 Å². The van der Waals surface area contributed by atoms with Gasteiger partial charge in [-0.15, -0.1) is 0 Å². The van der Waals surface area contributed by atoms with Gasteiger partial charge in [0.25, 0.3) is 5.91 Å². The summed E-state index contributed by atoms with van der Waals surface area (Å²) < 4.78 is 63.0. The van der Waals surface area contributed by atoms with Crippen molar-refractivity contribution in [2.75, 3.05) is 18.0 Å². The lowest BCUT2D eigenvalue weighted by atomic mass is 9.95. The summed E-state index contributed by atoms with van der Waals surface area (Å²) in [6.07, 6.45) is -4.91. The predicted octanol–water partition coefficient (Wildman–Crippen LogP) is 3.97. The molecule has 0 saturated heterocycles. The number of fused-ring (bicyclic) bond motifs is 3. The Morgan fingerprint density at radius 3 is 2.20 bits per heavy atom. The van der Waals surface area contributed by atoms with Gasteiger partial charge < -0.3 is 15.5 Å². The van der Waals surface area contributed by atoms with Crippen LogP contribution in [0.4, 0.5) is 27.6 Å². The second-order valence-corrected chi connectivity index (χ2v) is 8.65. The molecule has 0 spiro atoms. The molecule has 1 aliphatic carbocycles. The standard InChI is InChI=1S/C24H22F5N3O3/c25-23(26,24(27,28)29)13-30-19(33)11-20(34)31-21-17-7-2-1-5-15(17)16-6-3-4-8-18(16)32(22(21)35)12-14-9-10-14/h1-8,14,21H,9-13H2,(H,30,33)(H,31,34). The first-order chi connectivity index (χ1) is 16.5. The Kier molecular flexibility index (Phi) is 6.52. The second kappa shape index (κ2) is 9.27. The lowest BCUT2D eigenvalue weighted by molar-refractivity contribution is -0.278. The molecule has 0 bridgehead atoms. The minimum absolute atomic E-state index is 0.325. The van der Waals surface area contributed by atoms with Crippen molar-refractivity contribution in [1.29, 1.82) is 0 Å². The lowest BCUT2D eigenvalue weighted by Crippen LogP contribution is -2.48. The van der Waals surface area contributed by atoms with E-state index in [0.717, 1.165) is 18.4 Å². The maximum Gasteiger partial charge on any atom is 0.455 e. The molecular formula is C24H22F5N3O3. The number of amides is 3. The monoisotopic (exact) mass is 495 g/mol. The first-order valence-corrected chi connectivity index (χ1v) is 11.0. The number of rotatable bonds is 7. The van der Waals surface area contributed by atoms with E-state index in [-0.39, 0.29) is 0 Å². The third-order valence-corrected chi connectivity index (χ3v) is 5.96. The van der Waals surface area contributed by atoms with Crippen molar-refractivity contribution in [3.05, 3.63) is 54.1 Å². The third kappa shape index (κ3) is 5.28. The molecule has 1 atom stereocenters. The van der Waals surface area contributed by atoms with E-state index in [1.54, 1.807) is 35.2 Å².